The minimum absolute atomic E-state index is 0.319. The molecule has 0 bridgehead atoms. The Hall–Kier alpha value is -1.72. The van der Waals surface area contributed by atoms with Gasteiger partial charge in [-0.25, -0.2) is 4.68 Å². The fraction of sp³-hybridized carbons (Fsp3) is 0.579. The Morgan fingerprint density at radius 1 is 1.12 bits per heavy atom. The number of hydrogen-bond donors (Lipinski definition) is 1. The van der Waals surface area contributed by atoms with Crippen LogP contribution in [-0.4, -0.2) is 27.1 Å². The Morgan fingerprint density at radius 3 is 2.83 bits per heavy atom. The van der Waals surface area contributed by atoms with E-state index in [1.165, 1.54) is 36.1 Å². The van der Waals surface area contributed by atoms with E-state index in [2.05, 4.69) is 28.5 Å². The summed E-state index contributed by atoms with van der Waals surface area (Å²) in [5.74, 6) is 0. The molecular formula is C19H26N4O. The molecule has 0 amide bonds. The van der Waals surface area contributed by atoms with Crippen molar-refractivity contribution in [3.63, 3.8) is 0 Å². The monoisotopic (exact) mass is 326 g/mol. The van der Waals surface area contributed by atoms with E-state index in [9.17, 15) is 0 Å². The second-order valence-electron chi connectivity index (χ2n) is 7.12. The lowest BCUT2D eigenvalue weighted by Crippen LogP contribution is -2.30. The number of fused-ring (bicyclic) bond motifs is 1. The smallest absolute Gasteiger partial charge is 0.109 e. The van der Waals surface area contributed by atoms with Crippen molar-refractivity contribution in [2.45, 2.75) is 70.1 Å². The topological polar surface area (TPSA) is 66.0 Å². The van der Waals surface area contributed by atoms with Crippen LogP contribution in [0.5, 0.6) is 0 Å². The molecule has 2 N–H and O–H groups in total. The average molecular weight is 326 g/mol. The number of hydrogen-bond acceptors (Lipinski definition) is 4. The zero-order valence-corrected chi connectivity index (χ0v) is 14.2. The van der Waals surface area contributed by atoms with E-state index in [0.29, 0.717) is 18.8 Å². The molecule has 0 spiro atoms. The van der Waals surface area contributed by atoms with Gasteiger partial charge in [0.25, 0.3) is 0 Å². The summed E-state index contributed by atoms with van der Waals surface area (Å²) in [6.07, 6.45) is 11.4. The van der Waals surface area contributed by atoms with Gasteiger partial charge in [-0.3, -0.25) is 0 Å². The highest BCUT2D eigenvalue weighted by Crippen LogP contribution is 2.27. The third-order valence-electron chi connectivity index (χ3n) is 5.34. The number of benzene rings is 1. The van der Waals surface area contributed by atoms with Gasteiger partial charge in [-0.15, -0.1) is 5.10 Å². The molecule has 5 nitrogen and oxygen atoms in total. The molecule has 2 aliphatic carbocycles. The third kappa shape index (κ3) is 3.37. The van der Waals surface area contributed by atoms with Crippen LogP contribution in [0.2, 0.25) is 0 Å². The Kier molecular flexibility index (Phi) is 4.63. The zero-order chi connectivity index (χ0) is 16.4. The molecule has 128 valence electrons. The summed E-state index contributed by atoms with van der Waals surface area (Å²) >= 11 is 0. The number of aromatic nitrogens is 3. The van der Waals surface area contributed by atoms with E-state index in [-0.39, 0.29) is 0 Å². The molecule has 2 aliphatic rings. The van der Waals surface area contributed by atoms with Gasteiger partial charge in [0.05, 0.1) is 24.6 Å². The predicted molar refractivity (Wildman–Crippen MR) is 93.0 cm³/mol. The summed E-state index contributed by atoms with van der Waals surface area (Å²) in [4.78, 5) is 0. The first-order valence-electron chi connectivity index (χ1n) is 9.19. The molecule has 0 aliphatic heterocycles. The van der Waals surface area contributed by atoms with Gasteiger partial charge in [-0.2, -0.15) is 0 Å². The van der Waals surface area contributed by atoms with E-state index >= 15 is 0 Å². The molecule has 0 atom stereocenters. The van der Waals surface area contributed by atoms with E-state index in [4.69, 9.17) is 10.5 Å². The lowest BCUT2D eigenvalue weighted by atomic mass is 9.90. The van der Waals surface area contributed by atoms with Crippen molar-refractivity contribution in [3.05, 3.63) is 41.2 Å². The summed E-state index contributed by atoms with van der Waals surface area (Å²) in [7, 11) is 0. The lowest BCUT2D eigenvalue weighted by Gasteiger charge is -2.25. The first kappa shape index (κ1) is 15.8. The summed E-state index contributed by atoms with van der Waals surface area (Å²) in [6, 6.07) is 6.87. The molecule has 2 aromatic rings. The van der Waals surface area contributed by atoms with Gasteiger partial charge >= 0.3 is 0 Å². The van der Waals surface area contributed by atoms with Crippen LogP contribution in [0, 0.1) is 0 Å². The molecule has 5 heteroatoms. The molecule has 4 rings (SSSR count). The van der Waals surface area contributed by atoms with Gasteiger partial charge in [0, 0.05) is 6.04 Å². The Labute approximate surface area is 143 Å². The largest absolute Gasteiger partial charge is 0.372 e. The van der Waals surface area contributed by atoms with Crippen molar-refractivity contribution in [1.29, 1.82) is 0 Å². The van der Waals surface area contributed by atoms with Gasteiger partial charge in [0.2, 0.25) is 0 Å². The summed E-state index contributed by atoms with van der Waals surface area (Å²) in [6.45, 7) is 0.537. The molecule has 1 aromatic heterocycles. The standard InChI is InChI=1S/C19H26N4O/c20-15-8-10-17(11-9-15)24-13-16-12-23(22-21-16)19-7-3-5-14-4-1-2-6-18(14)19/h3,5,7,12,15,17H,1-2,4,6,8-11,13,20H2. The van der Waals surface area contributed by atoms with E-state index in [0.717, 1.165) is 37.8 Å². The van der Waals surface area contributed by atoms with Crippen molar-refractivity contribution in [2.24, 2.45) is 5.73 Å². The number of ether oxygens (including phenoxy) is 1. The maximum atomic E-state index is 6.01. The summed E-state index contributed by atoms with van der Waals surface area (Å²) < 4.78 is 7.92. The van der Waals surface area contributed by atoms with Crippen molar-refractivity contribution >= 4 is 0 Å². The van der Waals surface area contributed by atoms with Crippen molar-refractivity contribution in [3.8, 4) is 5.69 Å². The molecule has 1 saturated carbocycles. The maximum Gasteiger partial charge on any atom is 0.109 e. The quantitative estimate of drug-likeness (QED) is 0.938. The van der Waals surface area contributed by atoms with E-state index in [1.54, 1.807) is 0 Å². The highest BCUT2D eigenvalue weighted by atomic mass is 16.5. The van der Waals surface area contributed by atoms with Crippen LogP contribution in [0.4, 0.5) is 0 Å². The highest BCUT2D eigenvalue weighted by molar-refractivity contribution is 5.46. The Bertz CT molecular complexity index is 688. The number of nitrogens with zero attached hydrogens (tertiary/aromatic N) is 3. The van der Waals surface area contributed by atoms with E-state index < -0.39 is 0 Å². The summed E-state index contributed by atoms with van der Waals surface area (Å²) in [5, 5.41) is 8.64. The fourth-order valence-corrected chi connectivity index (χ4v) is 3.92. The molecule has 1 fully saturated rings. The third-order valence-corrected chi connectivity index (χ3v) is 5.34. The van der Waals surface area contributed by atoms with Gasteiger partial charge in [0.1, 0.15) is 5.69 Å². The zero-order valence-electron chi connectivity index (χ0n) is 14.2. The molecule has 1 aromatic carbocycles. The SMILES string of the molecule is NC1CCC(OCc2cn(-c3cccc4c3CCCC4)nn2)CC1. The first-order valence-corrected chi connectivity index (χ1v) is 9.19. The van der Waals surface area contributed by atoms with Crippen LogP contribution < -0.4 is 5.73 Å². The van der Waals surface area contributed by atoms with Crippen LogP contribution in [0.3, 0.4) is 0 Å². The predicted octanol–water partition coefficient (Wildman–Crippen LogP) is 2.93. The van der Waals surface area contributed by atoms with Crippen LogP contribution in [0.1, 0.15) is 55.3 Å². The molecule has 24 heavy (non-hydrogen) atoms. The number of nitrogens with two attached hydrogens (primary N) is 1. The lowest BCUT2D eigenvalue weighted by molar-refractivity contribution is 0.0122. The minimum atomic E-state index is 0.319. The van der Waals surface area contributed by atoms with Gasteiger partial charge in [-0.1, -0.05) is 17.3 Å². The van der Waals surface area contributed by atoms with Crippen LogP contribution >= 0.6 is 0 Å². The molecule has 1 heterocycles. The van der Waals surface area contributed by atoms with Crippen molar-refractivity contribution in [2.75, 3.05) is 0 Å². The maximum absolute atomic E-state index is 6.01. The van der Waals surface area contributed by atoms with Crippen LogP contribution in [0.25, 0.3) is 5.69 Å². The van der Waals surface area contributed by atoms with Gasteiger partial charge < -0.3 is 10.5 Å². The second kappa shape index (κ2) is 7.03. The number of rotatable bonds is 4. The Morgan fingerprint density at radius 2 is 1.96 bits per heavy atom. The minimum Gasteiger partial charge on any atom is -0.372 e. The Balaban J connectivity index is 1.44. The molecule has 0 saturated heterocycles. The molecule has 0 unspecified atom stereocenters. The highest BCUT2D eigenvalue weighted by Gasteiger charge is 2.20. The molecule has 0 radical (unpaired) electrons. The average Bonchev–Trinajstić information content (AvgIpc) is 3.09. The second-order valence-corrected chi connectivity index (χ2v) is 7.12. The van der Waals surface area contributed by atoms with Crippen LogP contribution in [-0.2, 0) is 24.2 Å². The van der Waals surface area contributed by atoms with Crippen molar-refractivity contribution < 1.29 is 4.74 Å². The van der Waals surface area contributed by atoms with Gasteiger partial charge in [-0.05, 0) is 68.6 Å². The molecular weight excluding hydrogens is 300 g/mol. The van der Waals surface area contributed by atoms with Crippen LogP contribution in [0.15, 0.2) is 24.4 Å². The first-order chi connectivity index (χ1) is 11.8. The summed E-state index contributed by atoms with van der Waals surface area (Å²) in [5.41, 5.74) is 10.9. The van der Waals surface area contributed by atoms with Crippen molar-refractivity contribution in [1.82, 2.24) is 15.0 Å². The van der Waals surface area contributed by atoms with Gasteiger partial charge in [0.15, 0.2) is 0 Å². The normalized spacial score (nSPS) is 23.9. The van der Waals surface area contributed by atoms with E-state index in [1.807, 2.05) is 10.9 Å². The fourth-order valence-electron chi connectivity index (χ4n) is 3.92. The number of aryl methyl sites for hydroxylation is 1.